The summed E-state index contributed by atoms with van der Waals surface area (Å²) in [6.45, 7) is 3.80. The molecule has 1 fully saturated rings. The Hall–Kier alpha value is -3.96. The zero-order valence-corrected chi connectivity index (χ0v) is 21.9. The lowest BCUT2D eigenvalue weighted by Gasteiger charge is -2.35. The Bertz CT molecular complexity index is 1460. The first kappa shape index (κ1) is 26.6. The van der Waals surface area contributed by atoms with Crippen LogP contribution >= 0.6 is 0 Å². The van der Waals surface area contributed by atoms with Crippen LogP contribution in [-0.4, -0.2) is 71.3 Å². The number of ether oxygens (including phenoxy) is 1. The third-order valence-corrected chi connectivity index (χ3v) is 6.98. The molecule has 1 aliphatic rings. The third-order valence-electron chi connectivity index (χ3n) is 6.98. The fourth-order valence-electron chi connectivity index (χ4n) is 4.78. The number of rotatable bonds is 9. The van der Waals surface area contributed by atoms with Gasteiger partial charge in [0, 0.05) is 63.1 Å². The van der Waals surface area contributed by atoms with Gasteiger partial charge in [-0.05, 0) is 42.7 Å². The Kier molecular flexibility index (Phi) is 8.08. The predicted molar refractivity (Wildman–Crippen MR) is 142 cm³/mol. The highest BCUT2D eigenvalue weighted by molar-refractivity contribution is 5.59. The van der Waals surface area contributed by atoms with Crippen LogP contribution in [0.15, 0.2) is 63.9 Å². The van der Waals surface area contributed by atoms with Gasteiger partial charge >= 0.3 is 6.01 Å². The molecule has 39 heavy (non-hydrogen) atoms. The first-order chi connectivity index (χ1) is 18.9. The molecular formula is C28H30F2N6O3. The van der Waals surface area contributed by atoms with E-state index in [2.05, 4.69) is 20.1 Å². The van der Waals surface area contributed by atoms with Gasteiger partial charge in [-0.25, -0.2) is 13.5 Å². The number of likely N-dealkylation sites (tertiary alicyclic amines) is 1. The monoisotopic (exact) mass is 536 g/mol. The lowest BCUT2D eigenvalue weighted by molar-refractivity contribution is 0.129. The number of halogens is 2. The number of methoxy groups -OCH3 is 1. The van der Waals surface area contributed by atoms with Gasteiger partial charge in [-0.1, -0.05) is 23.4 Å². The summed E-state index contributed by atoms with van der Waals surface area (Å²) in [4.78, 5) is 21.5. The zero-order chi connectivity index (χ0) is 27.4. The van der Waals surface area contributed by atoms with Crippen LogP contribution in [0.3, 0.4) is 0 Å². The minimum Gasteiger partial charge on any atom is -0.383 e. The number of hydrogen-bond donors (Lipinski definition) is 0. The van der Waals surface area contributed by atoms with Crippen LogP contribution in [0.2, 0.25) is 0 Å². The van der Waals surface area contributed by atoms with Gasteiger partial charge in [0.25, 0.3) is 5.56 Å². The van der Waals surface area contributed by atoms with Gasteiger partial charge in [0.15, 0.2) is 0 Å². The number of anilines is 1. The van der Waals surface area contributed by atoms with Crippen LogP contribution in [0.4, 0.5) is 14.8 Å². The summed E-state index contributed by atoms with van der Waals surface area (Å²) in [6.07, 6.45) is 1.99. The topological polar surface area (TPSA) is 89.5 Å². The van der Waals surface area contributed by atoms with Gasteiger partial charge < -0.3 is 19.1 Å². The molecule has 0 amide bonds. The fourth-order valence-corrected chi connectivity index (χ4v) is 4.78. The van der Waals surface area contributed by atoms with Crippen molar-refractivity contribution in [2.45, 2.75) is 25.4 Å². The fraction of sp³-hybridized carbons (Fsp3) is 0.357. The molecule has 3 heterocycles. The number of piperidine rings is 1. The average Bonchev–Trinajstić information content (AvgIpc) is 3.43. The van der Waals surface area contributed by atoms with Gasteiger partial charge in [0.1, 0.15) is 11.6 Å². The van der Waals surface area contributed by atoms with Crippen molar-refractivity contribution in [2.75, 3.05) is 45.3 Å². The third kappa shape index (κ3) is 6.37. The van der Waals surface area contributed by atoms with Crippen LogP contribution in [0, 0.1) is 11.6 Å². The summed E-state index contributed by atoms with van der Waals surface area (Å²) < 4.78 is 39.4. The quantitative estimate of drug-likeness (QED) is 0.319. The van der Waals surface area contributed by atoms with Crippen molar-refractivity contribution < 1.29 is 18.0 Å². The van der Waals surface area contributed by atoms with Crippen LogP contribution < -0.4 is 10.5 Å². The minimum absolute atomic E-state index is 0.157. The molecule has 0 saturated carbocycles. The summed E-state index contributed by atoms with van der Waals surface area (Å²) in [6, 6.07) is 14.1. The van der Waals surface area contributed by atoms with Crippen molar-refractivity contribution in [3.8, 4) is 22.6 Å². The molecule has 2 aromatic carbocycles. The van der Waals surface area contributed by atoms with Crippen LogP contribution in [-0.2, 0) is 11.3 Å². The highest BCUT2D eigenvalue weighted by Crippen LogP contribution is 2.25. The van der Waals surface area contributed by atoms with Crippen molar-refractivity contribution in [1.29, 1.82) is 0 Å². The maximum atomic E-state index is 13.7. The van der Waals surface area contributed by atoms with Gasteiger partial charge in [0.05, 0.1) is 18.8 Å². The molecule has 1 aliphatic heterocycles. The summed E-state index contributed by atoms with van der Waals surface area (Å²) in [5.74, 6) is -0.981. The smallest absolute Gasteiger partial charge is 0.324 e. The first-order valence-corrected chi connectivity index (χ1v) is 12.8. The van der Waals surface area contributed by atoms with Gasteiger partial charge in [0.2, 0.25) is 5.82 Å². The van der Waals surface area contributed by atoms with Crippen molar-refractivity contribution in [3.63, 3.8) is 0 Å². The minimum atomic E-state index is -0.713. The van der Waals surface area contributed by atoms with Crippen LogP contribution in [0.5, 0.6) is 0 Å². The van der Waals surface area contributed by atoms with E-state index in [4.69, 9.17) is 9.26 Å². The molecule has 9 nitrogen and oxygen atoms in total. The SMILES string of the molecule is COCCN1CCC(N(C)c2nc(-c3cccc(Cn4nc(-c5cc(F)cc(F)c5)ccc4=O)c3)no2)CC1. The molecule has 5 rings (SSSR count). The molecule has 11 heteroatoms. The Morgan fingerprint density at radius 3 is 2.56 bits per heavy atom. The molecule has 204 valence electrons. The molecule has 4 aromatic rings. The molecule has 0 bridgehead atoms. The zero-order valence-electron chi connectivity index (χ0n) is 21.9. The van der Waals surface area contributed by atoms with E-state index in [0.717, 1.165) is 56.3 Å². The number of hydrogen-bond acceptors (Lipinski definition) is 8. The van der Waals surface area contributed by atoms with E-state index in [1.165, 1.54) is 28.9 Å². The van der Waals surface area contributed by atoms with E-state index in [-0.39, 0.29) is 17.7 Å². The van der Waals surface area contributed by atoms with E-state index < -0.39 is 11.6 Å². The Balaban J connectivity index is 1.29. The van der Waals surface area contributed by atoms with Gasteiger partial charge in [-0.3, -0.25) is 4.79 Å². The molecule has 0 radical (unpaired) electrons. The molecule has 1 saturated heterocycles. The Morgan fingerprint density at radius 2 is 1.82 bits per heavy atom. The van der Waals surface area contributed by atoms with E-state index in [0.29, 0.717) is 23.6 Å². The molecule has 0 atom stereocenters. The molecule has 0 unspecified atom stereocenters. The highest BCUT2D eigenvalue weighted by Gasteiger charge is 2.25. The lowest BCUT2D eigenvalue weighted by atomic mass is 10.0. The Morgan fingerprint density at radius 1 is 1.05 bits per heavy atom. The lowest BCUT2D eigenvalue weighted by Crippen LogP contribution is -2.44. The maximum absolute atomic E-state index is 13.7. The summed E-state index contributed by atoms with van der Waals surface area (Å²) >= 11 is 0. The van der Waals surface area contributed by atoms with Crippen molar-refractivity contribution in [3.05, 3.63) is 82.1 Å². The summed E-state index contributed by atoms with van der Waals surface area (Å²) in [5, 5.41) is 8.51. The molecule has 0 aliphatic carbocycles. The van der Waals surface area contributed by atoms with Crippen LogP contribution in [0.25, 0.3) is 22.6 Å². The van der Waals surface area contributed by atoms with E-state index >= 15 is 0 Å². The van der Waals surface area contributed by atoms with Gasteiger partial charge in [-0.15, -0.1) is 0 Å². The first-order valence-electron chi connectivity index (χ1n) is 12.8. The van der Waals surface area contributed by atoms with Crippen molar-refractivity contribution in [1.82, 2.24) is 24.8 Å². The second-order valence-electron chi connectivity index (χ2n) is 9.65. The average molecular weight is 537 g/mol. The molecule has 2 aromatic heterocycles. The second kappa shape index (κ2) is 11.8. The molecule has 0 N–H and O–H groups in total. The molecular weight excluding hydrogens is 506 g/mol. The molecule has 0 spiro atoms. The second-order valence-corrected chi connectivity index (χ2v) is 9.65. The van der Waals surface area contributed by atoms with E-state index in [9.17, 15) is 13.6 Å². The standard InChI is InChI=1S/C28H30F2N6O3/c1-34(24-8-10-35(11-9-24)12-13-38-2)28-31-27(33-39-28)20-5-3-4-19(14-20)18-36-26(37)7-6-25(32-36)21-15-22(29)17-23(30)16-21/h3-7,14-17,24H,8-13,18H2,1-2H3. The number of aromatic nitrogens is 4. The summed E-state index contributed by atoms with van der Waals surface area (Å²) in [5.41, 5.74) is 1.73. The normalized spacial score (nSPS) is 14.6. The van der Waals surface area contributed by atoms with E-state index in [1.807, 2.05) is 36.2 Å². The Labute approximate surface area is 224 Å². The van der Waals surface area contributed by atoms with Gasteiger partial charge in [-0.2, -0.15) is 10.1 Å². The van der Waals surface area contributed by atoms with E-state index in [1.54, 1.807) is 7.11 Å². The number of benzene rings is 2. The van der Waals surface area contributed by atoms with Crippen LogP contribution in [0.1, 0.15) is 18.4 Å². The number of nitrogens with zero attached hydrogens (tertiary/aromatic N) is 6. The predicted octanol–water partition coefficient (Wildman–Crippen LogP) is 3.83. The summed E-state index contributed by atoms with van der Waals surface area (Å²) in [7, 11) is 3.69. The largest absolute Gasteiger partial charge is 0.383 e. The highest BCUT2D eigenvalue weighted by atomic mass is 19.1. The van der Waals surface area contributed by atoms with Crippen molar-refractivity contribution >= 4 is 6.01 Å². The van der Waals surface area contributed by atoms with Crippen molar-refractivity contribution in [2.24, 2.45) is 0 Å². The maximum Gasteiger partial charge on any atom is 0.324 e.